The van der Waals surface area contributed by atoms with Crippen molar-refractivity contribution in [3.8, 4) is 5.75 Å². The smallest absolute Gasteiger partial charge is 0.139 e. The summed E-state index contributed by atoms with van der Waals surface area (Å²) in [5.41, 5.74) is 6.96. The largest absolute Gasteiger partial charge is 0.486 e. The number of hydrogen-bond acceptors (Lipinski definition) is 3. The van der Waals surface area contributed by atoms with Gasteiger partial charge >= 0.3 is 0 Å². The van der Waals surface area contributed by atoms with Crippen molar-refractivity contribution in [2.75, 3.05) is 13.2 Å². The minimum absolute atomic E-state index is 0.00361. The molecule has 2 unspecified atom stereocenters. The summed E-state index contributed by atoms with van der Waals surface area (Å²) in [5.74, 6) is 0.901. The predicted octanol–water partition coefficient (Wildman–Crippen LogP) is 1.10. The molecular formula is C11H15NO2. The first-order valence-corrected chi connectivity index (χ1v) is 4.83. The molecule has 3 nitrogen and oxygen atoms in total. The number of rotatable bonds is 2. The molecule has 1 aromatic carbocycles. The van der Waals surface area contributed by atoms with E-state index in [9.17, 15) is 0 Å². The highest BCUT2D eigenvalue weighted by atomic mass is 16.5. The van der Waals surface area contributed by atoms with Gasteiger partial charge in [-0.3, -0.25) is 0 Å². The maximum absolute atomic E-state index is 5.83. The molecule has 0 radical (unpaired) electrons. The van der Waals surface area contributed by atoms with E-state index in [4.69, 9.17) is 15.2 Å². The van der Waals surface area contributed by atoms with E-state index < -0.39 is 0 Å². The third-order valence-corrected chi connectivity index (χ3v) is 2.44. The molecule has 2 atom stereocenters. The van der Waals surface area contributed by atoms with Crippen molar-refractivity contribution in [1.29, 1.82) is 0 Å². The first-order chi connectivity index (χ1) is 6.77. The minimum Gasteiger partial charge on any atom is -0.486 e. The number of para-hydroxylation sites is 1. The van der Waals surface area contributed by atoms with Crippen LogP contribution in [0, 0.1) is 6.92 Å². The Balaban J connectivity index is 2.07. The van der Waals surface area contributed by atoms with Crippen LogP contribution in [0.1, 0.15) is 5.56 Å². The van der Waals surface area contributed by atoms with Gasteiger partial charge in [0.1, 0.15) is 11.9 Å². The SMILES string of the molecule is Cc1ccccc1OC1COCC1N. The molecular weight excluding hydrogens is 178 g/mol. The van der Waals surface area contributed by atoms with Crippen molar-refractivity contribution in [2.45, 2.75) is 19.1 Å². The predicted molar refractivity (Wildman–Crippen MR) is 54.4 cm³/mol. The van der Waals surface area contributed by atoms with Crippen LogP contribution in [0.25, 0.3) is 0 Å². The van der Waals surface area contributed by atoms with Gasteiger partial charge in [-0.1, -0.05) is 18.2 Å². The van der Waals surface area contributed by atoms with Crippen LogP contribution >= 0.6 is 0 Å². The molecule has 0 amide bonds. The number of aryl methyl sites for hydroxylation is 1. The highest BCUT2D eigenvalue weighted by molar-refractivity contribution is 5.32. The summed E-state index contributed by atoms with van der Waals surface area (Å²) < 4.78 is 11.0. The zero-order valence-corrected chi connectivity index (χ0v) is 8.27. The normalized spacial score (nSPS) is 26.4. The van der Waals surface area contributed by atoms with Crippen LogP contribution in [0.3, 0.4) is 0 Å². The van der Waals surface area contributed by atoms with Crippen molar-refractivity contribution in [2.24, 2.45) is 5.73 Å². The van der Waals surface area contributed by atoms with Gasteiger partial charge < -0.3 is 15.2 Å². The first-order valence-electron chi connectivity index (χ1n) is 4.83. The number of benzene rings is 1. The summed E-state index contributed by atoms with van der Waals surface area (Å²) in [4.78, 5) is 0. The lowest BCUT2D eigenvalue weighted by atomic mass is 10.2. The van der Waals surface area contributed by atoms with Gasteiger partial charge in [0.05, 0.1) is 19.3 Å². The van der Waals surface area contributed by atoms with Gasteiger partial charge in [-0.2, -0.15) is 0 Å². The van der Waals surface area contributed by atoms with Crippen LogP contribution in [0.15, 0.2) is 24.3 Å². The molecule has 1 heterocycles. The lowest BCUT2D eigenvalue weighted by molar-refractivity contribution is 0.140. The second-order valence-corrected chi connectivity index (χ2v) is 3.62. The Labute approximate surface area is 83.8 Å². The fourth-order valence-electron chi connectivity index (χ4n) is 1.52. The molecule has 76 valence electrons. The molecule has 1 aliphatic heterocycles. The van der Waals surface area contributed by atoms with Crippen LogP contribution in [-0.4, -0.2) is 25.4 Å². The Bertz CT molecular complexity index is 314. The molecule has 14 heavy (non-hydrogen) atoms. The summed E-state index contributed by atoms with van der Waals surface area (Å²) in [7, 11) is 0. The van der Waals surface area contributed by atoms with Crippen molar-refractivity contribution in [3.05, 3.63) is 29.8 Å². The Kier molecular flexibility index (Phi) is 2.70. The molecule has 0 aromatic heterocycles. The number of ether oxygens (including phenoxy) is 2. The Hall–Kier alpha value is -1.06. The topological polar surface area (TPSA) is 44.5 Å². The van der Waals surface area contributed by atoms with Crippen molar-refractivity contribution in [1.82, 2.24) is 0 Å². The fraction of sp³-hybridized carbons (Fsp3) is 0.455. The molecule has 1 saturated heterocycles. The average Bonchev–Trinajstić information content (AvgIpc) is 2.56. The van der Waals surface area contributed by atoms with E-state index in [1.165, 1.54) is 0 Å². The summed E-state index contributed by atoms with van der Waals surface area (Å²) in [6.07, 6.45) is -0.00361. The lowest BCUT2D eigenvalue weighted by Crippen LogP contribution is -2.37. The molecule has 2 rings (SSSR count). The molecule has 0 bridgehead atoms. The van der Waals surface area contributed by atoms with Gasteiger partial charge in [0.15, 0.2) is 0 Å². The van der Waals surface area contributed by atoms with E-state index in [0.717, 1.165) is 11.3 Å². The van der Waals surface area contributed by atoms with E-state index in [2.05, 4.69) is 0 Å². The quantitative estimate of drug-likeness (QED) is 0.765. The van der Waals surface area contributed by atoms with Gasteiger partial charge in [0.25, 0.3) is 0 Å². The standard InChI is InChI=1S/C11H15NO2/c1-8-4-2-3-5-10(8)14-11-7-13-6-9(11)12/h2-5,9,11H,6-7,12H2,1H3. The highest BCUT2D eigenvalue weighted by Crippen LogP contribution is 2.20. The van der Waals surface area contributed by atoms with Crippen LogP contribution in [0.4, 0.5) is 0 Å². The summed E-state index contributed by atoms with van der Waals surface area (Å²) >= 11 is 0. The van der Waals surface area contributed by atoms with Gasteiger partial charge in [-0.25, -0.2) is 0 Å². The van der Waals surface area contributed by atoms with E-state index in [1.807, 2.05) is 31.2 Å². The molecule has 3 heteroatoms. The zero-order chi connectivity index (χ0) is 9.97. The van der Waals surface area contributed by atoms with Gasteiger partial charge in [0.2, 0.25) is 0 Å². The molecule has 1 aliphatic rings. The molecule has 0 aliphatic carbocycles. The molecule has 1 fully saturated rings. The van der Waals surface area contributed by atoms with E-state index in [-0.39, 0.29) is 12.1 Å². The van der Waals surface area contributed by atoms with Crippen LogP contribution in [0.2, 0.25) is 0 Å². The molecule has 1 aromatic rings. The zero-order valence-electron chi connectivity index (χ0n) is 8.27. The summed E-state index contributed by atoms with van der Waals surface area (Å²) in [6, 6.07) is 7.93. The average molecular weight is 193 g/mol. The van der Waals surface area contributed by atoms with Crippen molar-refractivity contribution >= 4 is 0 Å². The van der Waals surface area contributed by atoms with E-state index in [0.29, 0.717) is 13.2 Å². The number of hydrogen-bond donors (Lipinski definition) is 1. The van der Waals surface area contributed by atoms with Gasteiger partial charge in [-0.05, 0) is 18.6 Å². The lowest BCUT2D eigenvalue weighted by Gasteiger charge is -2.17. The van der Waals surface area contributed by atoms with Gasteiger partial charge in [-0.15, -0.1) is 0 Å². The molecule has 2 N–H and O–H groups in total. The molecule has 0 saturated carbocycles. The Morgan fingerprint density at radius 3 is 2.79 bits per heavy atom. The fourth-order valence-corrected chi connectivity index (χ4v) is 1.52. The second kappa shape index (κ2) is 3.98. The third-order valence-electron chi connectivity index (χ3n) is 2.44. The maximum atomic E-state index is 5.83. The summed E-state index contributed by atoms with van der Waals surface area (Å²) in [5, 5.41) is 0. The van der Waals surface area contributed by atoms with Crippen LogP contribution in [0.5, 0.6) is 5.75 Å². The van der Waals surface area contributed by atoms with Gasteiger partial charge in [0, 0.05) is 0 Å². The number of nitrogens with two attached hydrogens (primary N) is 1. The van der Waals surface area contributed by atoms with Crippen LogP contribution in [-0.2, 0) is 4.74 Å². The Morgan fingerprint density at radius 1 is 1.36 bits per heavy atom. The summed E-state index contributed by atoms with van der Waals surface area (Å²) in [6.45, 7) is 3.21. The van der Waals surface area contributed by atoms with Crippen molar-refractivity contribution < 1.29 is 9.47 Å². The third kappa shape index (κ3) is 1.89. The Morgan fingerprint density at radius 2 is 2.14 bits per heavy atom. The van der Waals surface area contributed by atoms with Crippen molar-refractivity contribution in [3.63, 3.8) is 0 Å². The first kappa shape index (κ1) is 9.49. The van der Waals surface area contributed by atoms with Crippen LogP contribution < -0.4 is 10.5 Å². The highest BCUT2D eigenvalue weighted by Gasteiger charge is 2.26. The van der Waals surface area contributed by atoms with E-state index >= 15 is 0 Å². The monoisotopic (exact) mass is 193 g/mol. The van der Waals surface area contributed by atoms with E-state index in [1.54, 1.807) is 0 Å². The second-order valence-electron chi connectivity index (χ2n) is 3.62. The molecule has 0 spiro atoms. The maximum Gasteiger partial charge on any atom is 0.139 e. The minimum atomic E-state index is -0.00499.